The number of unbranched alkanes of at least 4 members (excludes halogenated alkanes) is 5. The van der Waals surface area contributed by atoms with E-state index in [9.17, 15) is 31.4 Å². The molecule has 0 spiro atoms. The van der Waals surface area contributed by atoms with E-state index in [1.807, 2.05) is 0 Å². The SMILES string of the molecule is CCCCCCCCC(CCCc1cc(C(F)(F)F)cc(C(F)(F)F)c1)C(O)(OC)OC. The normalized spacial score (nSPS) is 14.1. The second kappa shape index (κ2) is 12.8. The van der Waals surface area contributed by atoms with Crippen molar-refractivity contribution in [2.24, 2.45) is 5.92 Å². The Hall–Kier alpha value is -1.32. The molecule has 1 atom stereocenters. The molecule has 1 aromatic rings. The molecule has 0 aliphatic rings. The Bertz CT molecular complexity index is 636. The van der Waals surface area contributed by atoms with Crippen LogP contribution in [0.25, 0.3) is 0 Å². The van der Waals surface area contributed by atoms with Crippen LogP contribution < -0.4 is 0 Å². The molecule has 0 saturated carbocycles. The second-order valence-electron chi connectivity index (χ2n) is 8.10. The van der Waals surface area contributed by atoms with Crippen molar-refractivity contribution in [2.45, 2.75) is 89.5 Å². The molecule has 32 heavy (non-hydrogen) atoms. The van der Waals surface area contributed by atoms with Crippen LogP contribution in [0.4, 0.5) is 26.3 Å². The number of alkyl halides is 6. The van der Waals surface area contributed by atoms with Gasteiger partial charge in [0.2, 0.25) is 0 Å². The molecule has 1 unspecified atom stereocenters. The Kier molecular flexibility index (Phi) is 11.5. The Morgan fingerprint density at radius 3 is 1.69 bits per heavy atom. The predicted octanol–water partition coefficient (Wildman–Crippen LogP) is 7.35. The Labute approximate surface area is 186 Å². The van der Waals surface area contributed by atoms with E-state index < -0.39 is 35.4 Å². The lowest BCUT2D eigenvalue weighted by Gasteiger charge is -2.33. The molecule has 3 nitrogen and oxygen atoms in total. The smallest absolute Gasteiger partial charge is 0.343 e. The van der Waals surface area contributed by atoms with Crippen LogP contribution in [0.1, 0.15) is 81.4 Å². The molecule has 0 radical (unpaired) electrons. The number of hydrogen-bond acceptors (Lipinski definition) is 3. The molecule has 9 heteroatoms. The summed E-state index contributed by atoms with van der Waals surface area (Å²) in [4.78, 5) is 0. The summed E-state index contributed by atoms with van der Waals surface area (Å²) < 4.78 is 88.5. The van der Waals surface area contributed by atoms with Gasteiger partial charge in [0.05, 0.1) is 11.1 Å². The third kappa shape index (κ3) is 9.27. The highest BCUT2D eigenvalue weighted by atomic mass is 19.4. The van der Waals surface area contributed by atoms with Crippen LogP contribution in [0, 0.1) is 5.92 Å². The zero-order valence-electron chi connectivity index (χ0n) is 18.9. The molecule has 0 aliphatic carbocycles. The summed E-state index contributed by atoms with van der Waals surface area (Å²) in [6, 6.07) is 1.62. The fourth-order valence-electron chi connectivity index (χ4n) is 3.81. The molecule has 0 bridgehead atoms. The van der Waals surface area contributed by atoms with Crippen LogP contribution in [0.3, 0.4) is 0 Å². The molecule has 0 aliphatic heterocycles. The number of hydrogen-bond donors (Lipinski definition) is 1. The van der Waals surface area contributed by atoms with E-state index in [2.05, 4.69) is 6.92 Å². The maximum Gasteiger partial charge on any atom is 0.416 e. The number of halogens is 6. The first kappa shape index (κ1) is 28.7. The predicted molar refractivity (Wildman–Crippen MR) is 110 cm³/mol. The first-order valence-corrected chi connectivity index (χ1v) is 11.0. The third-order valence-corrected chi connectivity index (χ3v) is 5.67. The Balaban J connectivity index is 2.85. The third-order valence-electron chi connectivity index (χ3n) is 5.67. The standard InChI is InChI=1S/C23H34F6O3/c1-4-5-6-7-8-9-12-18(23(30,31-2)32-3)13-10-11-17-14-19(21(24,25)26)16-20(15-17)22(27,28)29/h14-16,18,30H,4-13H2,1-3H3. The highest BCUT2D eigenvalue weighted by molar-refractivity contribution is 5.33. The van der Waals surface area contributed by atoms with Crippen molar-refractivity contribution in [1.29, 1.82) is 0 Å². The first-order valence-electron chi connectivity index (χ1n) is 11.0. The molecule has 1 N–H and O–H groups in total. The lowest BCUT2D eigenvalue weighted by Crippen LogP contribution is -2.42. The maximum absolute atomic E-state index is 13.1. The summed E-state index contributed by atoms with van der Waals surface area (Å²) in [7, 11) is 2.58. The van der Waals surface area contributed by atoms with Crippen LogP contribution in [0.5, 0.6) is 0 Å². The van der Waals surface area contributed by atoms with E-state index in [-0.39, 0.29) is 24.5 Å². The number of benzene rings is 1. The van der Waals surface area contributed by atoms with Crippen LogP contribution in [0.2, 0.25) is 0 Å². The van der Waals surface area contributed by atoms with E-state index >= 15 is 0 Å². The summed E-state index contributed by atoms with van der Waals surface area (Å²) in [6.07, 6.45) is -2.34. The highest BCUT2D eigenvalue weighted by Crippen LogP contribution is 2.37. The molecule has 0 fully saturated rings. The van der Waals surface area contributed by atoms with Gasteiger partial charge in [0.1, 0.15) is 0 Å². The molecule has 0 heterocycles. The molecule has 0 amide bonds. The minimum atomic E-state index is -4.87. The minimum Gasteiger partial charge on any atom is -0.343 e. The molecular formula is C23H34F6O3. The van der Waals surface area contributed by atoms with Gasteiger partial charge in [0, 0.05) is 20.1 Å². The molecule has 0 aromatic heterocycles. The summed E-state index contributed by atoms with van der Waals surface area (Å²) in [6.45, 7) is 2.12. The van der Waals surface area contributed by atoms with E-state index in [4.69, 9.17) is 9.47 Å². The first-order chi connectivity index (χ1) is 14.9. The Morgan fingerprint density at radius 2 is 1.22 bits per heavy atom. The largest absolute Gasteiger partial charge is 0.416 e. The average molecular weight is 473 g/mol. The average Bonchev–Trinajstić information content (AvgIpc) is 2.72. The molecular weight excluding hydrogens is 438 g/mol. The molecule has 0 saturated heterocycles. The number of aryl methyl sites for hydroxylation is 1. The highest BCUT2D eigenvalue weighted by Gasteiger charge is 2.38. The van der Waals surface area contributed by atoms with E-state index in [0.29, 0.717) is 12.8 Å². The number of aliphatic hydroxyl groups is 1. The molecule has 1 rings (SSSR count). The van der Waals surface area contributed by atoms with Gasteiger partial charge in [0.25, 0.3) is 5.97 Å². The van der Waals surface area contributed by atoms with Crippen molar-refractivity contribution in [2.75, 3.05) is 14.2 Å². The fourth-order valence-corrected chi connectivity index (χ4v) is 3.81. The summed E-state index contributed by atoms with van der Waals surface area (Å²) in [5, 5.41) is 10.6. The summed E-state index contributed by atoms with van der Waals surface area (Å²) in [5.74, 6) is -2.31. The van der Waals surface area contributed by atoms with Crippen molar-refractivity contribution in [3.05, 3.63) is 34.9 Å². The summed E-state index contributed by atoms with van der Waals surface area (Å²) in [5.41, 5.74) is -2.70. The van der Waals surface area contributed by atoms with Gasteiger partial charge in [0.15, 0.2) is 0 Å². The minimum absolute atomic E-state index is 0.00348. The number of ether oxygens (including phenoxy) is 2. The van der Waals surface area contributed by atoms with E-state index in [0.717, 1.165) is 50.7 Å². The zero-order valence-corrected chi connectivity index (χ0v) is 18.9. The van der Waals surface area contributed by atoms with Gasteiger partial charge < -0.3 is 14.6 Å². The monoisotopic (exact) mass is 472 g/mol. The van der Waals surface area contributed by atoms with E-state index in [1.54, 1.807) is 0 Å². The van der Waals surface area contributed by atoms with Crippen molar-refractivity contribution in [3.8, 4) is 0 Å². The summed E-state index contributed by atoms with van der Waals surface area (Å²) >= 11 is 0. The van der Waals surface area contributed by atoms with Crippen LogP contribution in [-0.4, -0.2) is 25.3 Å². The van der Waals surface area contributed by atoms with Crippen LogP contribution >= 0.6 is 0 Å². The number of methoxy groups -OCH3 is 2. The van der Waals surface area contributed by atoms with Crippen LogP contribution in [-0.2, 0) is 28.2 Å². The van der Waals surface area contributed by atoms with Gasteiger partial charge in [-0.15, -0.1) is 0 Å². The molecule has 1 aromatic carbocycles. The fraction of sp³-hybridized carbons (Fsp3) is 0.739. The lowest BCUT2D eigenvalue weighted by molar-refractivity contribution is -0.369. The lowest BCUT2D eigenvalue weighted by atomic mass is 9.91. The second-order valence-corrected chi connectivity index (χ2v) is 8.10. The van der Waals surface area contributed by atoms with Gasteiger partial charge >= 0.3 is 12.4 Å². The van der Waals surface area contributed by atoms with Crippen molar-refractivity contribution in [1.82, 2.24) is 0 Å². The van der Waals surface area contributed by atoms with Gasteiger partial charge in [-0.05, 0) is 49.4 Å². The van der Waals surface area contributed by atoms with Crippen LogP contribution in [0.15, 0.2) is 18.2 Å². The van der Waals surface area contributed by atoms with Crippen molar-refractivity contribution < 1.29 is 40.9 Å². The Morgan fingerprint density at radius 1 is 0.750 bits per heavy atom. The van der Waals surface area contributed by atoms with Gasteiger partial charge in [-0.1, -0.05) is 45.4 Å². The quantitative estimate of drug-likeness (QED) is 0.175. The van der Waals surface area contributed by atoms with Gasteiger partial charge in [-0.2, -0.15) is 26.3 Å². The number of rotatable bonds is 14. The molecule has 186 valence electrons. The topological polar surface area (TPSA) is 38.7 Å². The van der Waals surface area contributed by atoms with Gasteiger partial charge in [-0.3, -0.25) is 0 Å². The van der Waals surface area contributed by atoms with Crippen molar-refractivity contribution >= 4 is 0 Å². The maximum atomic E-state index is 13.1. The van der Waals surface area contributed by atoms with Crippen molar-refractivity contribution in [3.63, 3.8) is 0 Å². The van der Waals surface area contributed by atoms with Gasteiger partial charge in [-0.25, -0.2) is 0 Å². The zero-order chi connectivity index (χ0) is 24.4. The van der Waals surface area contributed by atoms with E-state index in [1.165, 1.54) is 14.2 Å².